The number of carbonyl (C=O) groups is 1. The van der Waals surface area contributed by atoms with Gasteiger partial charge in [0.25, 0.3) is 5.91 Å². The molecule has 1 aliphatic heterocycles. The first-order valence-electron chi connectivity index (χ1n) is 6.47. The van der Waals surface area contributed by atoms with Crippen LogP contribution in [0, 0.1) is 6.92 Å². The number of carbonyl (C=O) groups excluding carboxylic acids is 1. The molecule has 1 aliphatic rings. The molecule has 0 saturated carbocycles. The second-order valence-electron chi connectivity index (χ2n) is 4.99. The lowest BCUT2D eigenvalue weighted by atomic mass is 10.1. The third-order valence-corrected chi connectivity index (χ3v) is 3.59. The number of rotatable bonds is 3. The molecular weight excluding hydrogens is 266 g/mol. The number of aliphatic hydroxyl groups excluding tert-OH is 1. The Balaban J connectivity index is 2.20. The average molecular weight is 284 g/mol. The van der Waals surface area contributed by atoms with Crippen molar-refractivity contribution in [2.45, 2.75) is 45.3 Å². The molecular formula is C13H18ClN3O2. The Hall–Kier alpha value is -1.20. The van der Waals surface area contributed by atoms with E-state index in [2.05, 4.69) is 9.97 Å². The predicted molar refractivity (Wildman–Crippen MR) is 72.1 cm³/mol. The van der Waals surface area contributed by atoms with E-state index in [9.17, 15) is 9.90 Å². The Morgan fingerprint density at radius 2 is 2.42 bits per heavy atom. The second-order valence-corrected chi connectivity index (χ2v) is 5.40. The van der Waals surface area contributed by atoms with Crippen LogP contribution >= 0.6 is 11.6 Å². The summed E-state index contributed by atoms with van der Waals surface area (Å²) in [5.74, 6) is 0.359. The van der Waals surface area contributed by atoms with Gasteiger partial charge in [-0.2, -0.15) is 0 Å². The van der Waals surface area contributed by atoms with Crippen molar-refractivity contribution < 1.29 is 9.90 Å². The summed E-state index contributed by atoms with van der Waals surface area (Å²) in [5, 5.41) is 9.77. The summed E-state index contributed by atoms with van der Waals surface area (Å²) in [4.78, 5) is 22.3. The van der Waals surface area contributed by atoms with Crippen LogP contribution in [0.1, 0.15) is 42.5 Å². The van der Waals surface area contributed by atoms with Crippen LogP contribution in [0.4, 0.5) is 0 Å². The van der Waals surface area contributed by atoms with Gasteiger partial charge in [-0.3, -0.25) is 4.79 Å². The number of likely N-dealkylation sites (tertiary alicyclic amines) is 1. The summed E-state index contributed by atoms with van der Waals surface area (Å²) in [6, 6.07) is 0.0684. The summed E-state index contributed by atoms with van der Waals surface area (Å²) >= 11 is 6.00. The Kier molecular flexibility index (Phi) is 4.37. The number of halogens is 1. The Bertz CT molecular complexity index is 479. The van der Waals surface area contributed by atoms with E-state index >= 15 is 0 Å². The van der Waals surface area contributed by atoms with E-state index in [1.54, 1.807) is 18.7 Å². The highest BCUT2D eigenvalue weighted by atomic mass is 35.5. The number of hydrogen-bond acceptors (Lipinski definition) is 4. The quantitative estimate of drug-likeness (QED) is 0.919. The lowest BCUT2D eigenvalue weighted by Crippen LogP contribution is -2.37. The summed E-state index contributed by atoms with van der Waals surface area (Å²) in [6.45, 7) is 4.16. The van der Waals surface area contributed by atoms with Gasteiger partial charge in [0.05, 0.1) is 17.3 Å². The summed E-state index contributed by atoms with van der Waals surface area (Å²) in [5.41, 5.74) is 0.256. The third kappa shape index (κ3) is 3.22. The van der Waals surface area contributed by atoms with Crippen molar-refractivity contribution in [2.24, 2.45) is 0 Å². The van der Waals surface area contributed by atoms with Crippen LogP contribution in [-0.2, 0) is 0 Å². The predicted octanol–water partition coefficient (Wildman–Crippen LogP) is 1.81. The van der Waals surface area contributed by atoms with Crippen LogP contribution in [0.5, 0.6) is 0 Å². The lowest BCUT2D eigenvalue weighted by molar-refractivity contribution is 0.0676. The van der Waals surface area contributed by atoms with Gasteiger partial charge < -0.3 is 10.0 Å². The molecule has 0 aromatic carbocycles. The molecule has 5 nitrogen and oxygen atoms in total. The molecule has 1 fully saturated rings. The van der Waals surface area contributed by atoms with Crippen LogP contribution in [-0.4, -0.2) is 44.6 Å². The van der Waals surface area contributed by atoms with E-state index in [0.29, 0.717) is 18.8 Å². The minimum absolute atomic E-state index is 0.0684. The second kappa shape index (κ2) is 5.84. The molecule has 0 aliphatic carbocycles. The van der Waals surface area contributed by atoms with Crippen molar-refractivity contribution in [1.29, 1.82) is 0 Å². The van der Waals surface area contributed by atoms with E-state index < -0.39 is 6.10 Å². The molecule has 0 spiro atoms. The lowest BCUT2D eigenvalue weighted by Gasteiger charge is -2.25. The van der Waals surface area contributed by atoms with E-state index in [0.717, 1.165) is 12.8 Å². The highest BCUT2D eigenvalue weighted by Gasteiger charge is 2.31. The smallest absolute Gasteiger partial charge is 0.274 e. The van der Waals surface area contributed by atoms with Crippen LogP contribution < -0.4 is 0 Å². The first-order valence-corrected chi connectivity index (χ1v) is 6.85. The van der Waals surface area contributed by atoms with Crippen molar-refractivity contribution in [2.75, 3.05) is 6.54 Å². The first kappa shape index (κ1) is 14.2. The fourth-order valence-electron chi connectivity index (χ4n) is 2.48. The fraction of sp³-hybridized carbons (Fsp3) is 0.615. The molecule has 2 unspecified atom stereocenters. The molecule has 2 rings (SSSR count). The van der Waals surface area contributed by atoms with Gasteiger partial charge in [-0.25, -0.2) is 9.97 Å². The molecule has 1 aromatic rings. The Morgan fingerprint density at radius 1 is 1.68 bits per heavy atom. The number of aryl methyl sites for hydroxylation is 1. The van der Waals surface area contributed by atoms with E-state index in [1.807, 2.05) is 0 Å². The average Bonchev–Trinajstić information content (AvgIpc) is 2.78. The van der Waals surface area contributed by atoms with Gasteiger partial charge in [-0.05, 0) is 33.1 Å². The minimum atomic E-state index is -0.416. The maximum Gasteiger partial charge on any atom is 0.274 e. The molecule has 1 amide bonds. The zero-order chi connectivity index (χ0) is 14.0. The number of hydrogen-bond donors (Lipinski definition) is 1. The summed E-state index contributed by atoms with van der Waals surface area (Å²) < 4.78 is 0. The SMILES string of the molecule is Cc1ncc(Cl)c(C(=O)N2CCCC2CC(C)O)n1. The normalized spacial score (nSPS) is 20.6. The van der Waals surface area contributed by atoms with Crippen LogP contribution in [0.25, 0.3) is 0 Å². The maximum atomic E-state index is 12.5. The topological polar surface area (TPSA) is 66.3 Å². The first-order chi connectivity index (χ1) is 8.99. The molecule has 0 radical (unpaired) electrons. The van der Waals surface area contributed by atoms with E-state index in [-0.39, 0.29) is 22.7 Å². The van der Waals surface area contributed by atoms with Crippen molar-refractivity contribution in [3.63, 3.8) is 0 Å². The Labute approximate surface area is 117 Å². The molecule has 1 aromatic heterocycles. The van der Waals surface area contributed by atoms with Gasteiger partial charge in [0.15, 0.2) is 5.69 Å². The summed E-state index contributed by atoms with van der Waals surface area (Å²) in [6.07, 6.45) is 3.49. The van der Waals surface area contributed by atoms with Crippen LogP contribution in [0.3, 0.4) is 0 Å². The molecule has 6 heteroatoms. The minimum Gasteiger partial charge on any atom is -0.393 e. The molecule has 0 bridgehead atoms. The zero-order valence-corrected chi connectivity index (χ0v) is 11.9. The standard InChI is InChI=1S/C13H18ClN3O2/c1-8(18)6-10-4-3-5-17(10)13(19)12-11(14)7-15-9(2)16-12/h7-8,10,18H,3-6H2,1-2H3. The molecule has 1 saturated heterocycles. The highest BCUT2D eigenvalue weighted by molar-refractivity contribution is 6.33. The van der Waals surface area contributed by atoms with Crippen molar-refractivity contribution in [3.8, 4) is 0 Å². The fourth-order valence-corrected chi connectivity index (χ4v) is 2.66. The Morgan fingerprint density at radius 3 is 3.11 bits per heavy atom. The highest BCUT2D eigenvalue weighted by Crippen LogP contribution is 2.25. The molecule has 104 valence electrons. The maximum absolute atomic E-state index is 12.5. The van der Waals surface area contributed by atoms with Gasteiger partial charge in [-0.15, -0.1) is 0 Å². The van der Waals surface area contributed by atoms with Crippen molar-refractivity contribution in [1.82, 2.24) is 14.9 Å². The number of aromatic nitrogens is 2. The van der Waals surface area contributed by atoms with E-state index in [1.165, 1.54) is 6.20 Å². The third-order valence-electron chi connectivity index (χ3n) is 3.32. The molecule has 2 heterocycles. The van der Waals surface area contributed by atoms with Gasteiger partial charge >= 0.3 is 0 Å². The van der Waals surface area contributed by atoms with E-state index in [4.69, 9.17) is 11.6 Å². The van der Waals surface area contributed by atoms with Crippen LogP contribution in [0.2, 0.25) is 5.02 Å². The number of amides is 1. The number of nitrogens with zero attached hydrogens (tertiary/aromatic N) is 3. The molecule has 2 atom stereocenters. The number of aliphatic hydroxyl groups is 1. The van der Waals surface area contributed by atoms with Gasteiger partial charge in [0.2, 0.25) is 0 Å². The molecule has 1 N–H and O–H groups in total. The van der Waals surface area contributed by atoms with Crippen molar-refractivity contribution >= 4 is 17.5 Å². The van der Waals surface area contributed by atoms with Gasteiger partial charge in [0.1, 0.15) is 5.82 Å². The zero-order valence-electron chi connectivity index (χ0n) is 11.1. The monoisotopic (exact) mass is 283 g/mol. The summed E-state index contributed by atoms with van der Waals surface area (Å²) in [7, 11) is 0. The molecule has 19 heavy (non-hydrogen) atoms. The van der Waals surface area contributed by atoms with Crippen LogP contribution in [0.15, 0.2) is 6.20 Å². The van der Waals surface area contributed by atoms with Crippen molar-refractivity contribution in [3.05, 3.63) is 22.7 Å². The van der Waals surface area contributed by atoms with Gasteiger partial charge in [0, 0.05) is 12.6 Å². The van der Waals surface area contributed by atoms with Gasteiger partial charge in [-0.1, -0.05) is 11.6 Å². The largest absolute Gasteiger partial charge is 0.393 e.